The Balaban J connectivity index is 1.75. The number of piperidine rings is 1. The lowest BCUT2D eigenvalue weighted by Crippen LogP contribution is -2.45. The van der Waals surface area contributed by atoms with E-state index in [0.29, 0.717) is 22.7 Å². The first-order valence-corrected chi connectivity index (χ1v) is 9.74. The maximum Gasteiger partial charge on any atom is 0.235 e. The third kappa shape index (κ3) is 4.00. The van der Waals surface area contributed by atoms with E-state index in [0.717, 1.165) is 18.8 Å². The van der Waals surface area contributed by atoms with Gasteiger partial charge in [-0.2, -0.15) is 4.68 Å². The highest BCUT2D eigenvalue weighted by Crippen LogP contribution is 2.29. The van der Waals surface area contributed by atoms with Crippen LogP contribution in [0.3, 0.4) is 0 Å². The van der Waals surface area contributed by atoms with Gasteiger partial charge in [0.2, 0.25) is 11.1 Å². The number of hydrogen-bond donors (Lipinski definition) is 0. The number of benzene rings is 1. The molecule has 0 aliphatic carbocycles. The summed E-state index contributed by atoms with van der Waals surface area (Å²) in [6.07, 6.45) is 1.18. The summed E-state index contributed by atoms with van der Waals surface area (Å²) in [5.41, 5.74) is 0.752. The largest absolute Gasteiger partial charge is 0.494 e. The average Bonchev–Trinajstić information content (AvgIpc) is 3.08. The number of ether oxygens (including phenoxy) is 1. The number of methoxy groups -OCH3 is 1. The fourth-order valence-electron chi connectivity index (χ4n) is 3.52. The number of thioether (sulfide) groups is 1. The lowest BCUT2D eigenvalue weighted by molar-refractivity contribution is -0.132. The predicted molar refractivity (Wildman–Crippen MR) is 101 cm³/mol. The van der Waals surface area contributed by atoms with Crippen LogP contribution in [0.15, 0.2) is 29.4 Å². The Hall–Kier alpha value is -2.09. The molecule has 140 valence electrons. The highest BCUT2D eigenvalue weighted by Gasteiger charge is 2.29. The van der Waals surface area contributed by atoms with Crippen molar-refractivity contribution in [2.24, 2.45) is 11.8 Å². The van der Waals surface area contributed by atoms with Gasteiger partial charge in [-0.25, -0.2) is 0 Å². The summed E-state index contributed by atoms with van der Waals surface area (Å²) < 4.78 is 7.01. The molecule has 0 N–H and O–H groups in total. The summed E-state index contributed by atoms with van der Waals surface area (Å²) >= 11 is 1.38. The molecule has 1 amide bonds. The maximum absolute atomic E-state index is 12.9. The zero-order valence-corrected chi connectivity index (χ0v) is 16.4. The van der Waals surface area contributed by atoms with Crippen LogP contribution in [-0.4, -0.2) is 56.5 Å². The quantitative estimate of drug-likeness (QED) is 0.748. The van der Waals surface area contributed by atoms with Crippen LogP contribution in [0.5, 0.6) is 5.75 Å². The average molecular weight is 375 g/mol. The van der Waals surface area contributed by atoms with E-state index in [9.17, 15) is 4.79 Å². The van der Waals surface area contributed by atoms with Gasteiger partial charge < -0.3 is 9.64 Å². The molecule has 0 radical (unpaired) electrons. The molecule has 8 heteroatoms. The molecular weight excluding hydrogens is 350 g/mol. The van der Waals surface area contributed by atoms with Crippen LogP contribution in [-0.2, 0) is 4.79 Å². The highest BCUT2D eigenvalue weighted by molar-refractivity contribution is 8.00. The first-order chi connectivity index (χ1) is 12.5. The van der Waals surface area contributed by atoms with Crippen molar-refractivity contribution in [2.75, 3.05) is 20.2 Å². The van der Waals surface area contributed by atoms with Gasteiger partial charge in [-0.3, -0.25) is 4.79 Å². The molecule has 3 rings (SSSR count). The number of aromatic nitrogens is 4. The number of tetrazole rings is 1. The van der Waals surface area contributed by atoms with Gasteiger partial charge in [-0.15, -0.1) is 5.10 Å². The van der Waals surface area contributed by atoms with Gasteiger partial charge in [0.1, 0.15) is 11.4 Å². The molecule has 1 aromatic heterocycles. The first kappa shape index (κ1) is 18.7. The summed E-state index contributed by atoms with van der Waals surface area (Å²) in [4.78, 5) is 14.9. The normalized spacial score (nSPS) is 21.5. The van der Waals surface area contributed by atoms with Gasteiger partial charge in [0.15, 0.2) is 0 Å². The Bertz CT molecular complexity index is 756. The molecule has 0 bridgehead atoms. The van der Waals surface area contributed by atoms with Gasteiger partial charge in [0, 0.05) is 13.1 Å². The molecule has 2 aromatic rings. The number of carbonyl (C=O) groups excluding carboxylic acids is 1. The smallest absolute Gasteiger partial charge is 0.235 e. The van der Waals surface area contributed by atoms with E-state index in [4.69, 9.17) is 4.74 Å². The SMILES string of the molecule is COc1ccccc1-n1nnnc1S[C@H](C)C(=O)N1C[C@H](C)C[C@H](C)C1. The van der Waals surface area contributed by atoms with Crippen molar-refractivity contribution < 1.29 is 9.53 Å². The minimum absolute atomic E-state index is 0.142. The predicted octanol–water partition coefficient (Wildman–Crippen LogP) is 2.66. The molecule has 1 fully saturated rings. The lowest BCUT2D eigenvalue weighted by Gasteiger charge is -2.36. The van der Waals surface area contributed by atoms with Gasteiger partial charge in [0.05, 0.1) is 12.4 Å². The van der Waals surface area contributed by atoms with Crippen LogP contribution in [0.2, 0.25) is 0 Å². The van der Waals surface area contributed by atoms with E-state index in [-0.39, 0.29) is 11.2 Å². The number of rotatable bonds is 5. The second kappa shape index (κ2) is 8.07. The van der Waals surface area contributed by atoms with Gasteiger partial charge in [0.25, 0.3) is 0 Å². The Morgan fingerprint density at radius 2 is 1.96 bits per heavy atom. The van der Waals surface area contributed by atoms with Crippen LogP contribution >= 0.6 is 11.8 Å². The summed E-state index contributed by atoms with van der Waals surface area (Å²) in [6.45, 7) is 7.97. The van der Waals surface area contributed by atoms with E-state index < -0.39 is 0 Å². The topological polar surface area (TPSA) is 73.1 Å². The number of nitrogens with zero attached hydrogens (tertiary/aromatic N) is 5. The molecule has 1 saturated heterocycles. The Labute approximate surface area is 158 Å². The van der Waals surface area contributed by atoms with Crippen molar-refractivity contribution in [2.45, 2.75) is 37.6 Å². The monoisotopic (exact) mass is 375 g/mol. The molecule has 1 aliphatic rings. The fraction of sp³-hybridized carbons (Fsp3) is 0.556. The number of amides is 1. The third-order valence-corrected chi connectivity index (χ3v) is 5.59. The van der Waals surface area contributed by atoms with E-state index in [1.165, 1.54) is 18.2 Å². The minimum Gasteiger partial charge on any atom is -0.494 e. The van der Waals surface area contributed by atoms with Crippen molar-refractivity contribution >= 4 is 17.7 Å². The maximum atomic E-state index is 12.9. The van der Waals surface area contributed by atoms with Crippen molar-refractivity contribution in [1.82, 2.24) is 25.1 Å². The zero-order chi connectivity index (χ0) is 18.7. The third-order valence-electron chi connectivity index (χ3n) is 4.56. The van der Waals surface area contributed by atoms with Gasteiger partial charge in [-0.05, 0) is 47.7 Å². The zero-order valence-electron chi connectivity index (χ0n) is 15.6. The van der Waals surface area contributed by atoms with Gasteiger partial charge >= 0.3 is 0 Å². The number of hydrogen-bond acceptors (Lipinski definition) is 6. The van der Waals surface area contributed by atoms with E-state index in [1.807, 2.05) is 36.1 Å². The summed E-state index contributed by atoms with van der Waals surface area (Å²) in [7, 11) is 1.61. The van der Waals surface area contributed by atoms with Crippen LogP contribution in [0.25, 0.3) is 5.69 Å². The molecular formula is C18H25N5O2S. The molecule has 0 unspecified atom stereocenters. The molecule has 2 heterocycles. The van der Waals surface area contributed by atoms with Gasteiger partial charge in [-0.1, -0.05) is 37.7 Å². The molecule has 7 nitrogen and oxygen atoms in total. The Kier molecular flexibility index (Phi) is 5.80. The Morgan fingerprint density at radius 1 is 1.27 bits per heavy atom. The van der Waals surface area contributed by atoms with E-state index in [1.54, 1.807) is 11.8 Å². The first-order valence-electron chi connectivity index (χ1n) is 8.86. The van der Waals surface area contributed by atoms with Crippen LogP contribution in [0.1, 0.15) is 27.2 Å². The lowest BCUT2D eigenvalue weighted by atomic mass is 9.92. The highest BCUT2D eigenvalue weighted by atomic mass is 32.2. The van der Waals surface area contributed by atoms with Crippen LogP contribution in [0.4, 0.5) is 0 Å². The van der Waals surface area contributed by atoms with Crippen molar-refractivity contribution in [3.8, 4) is 11.4 Å². The van der Waals surface area contributed by atoms with Crippen LogP contribution in [0, 0.1) is 11.8 Å². The Morgan fingerprint density at radius 3 is 2.65 bits per heavy atom. The number of likely N-dealkylation sites (tertiary alicyclic amines) is 1. The number of carbonyl (C=O) groups is 1. The fourth-order valence-corrected chi connectivity index (χ4v) is 4.40. The second-order valence-corrected chi connectivity index (χ2v) is 8.30. The van der Waals surface area contributed by atoms with Crippen LogP contribution < -0.4 is 4.74 Å². The molecule has 3 atom stereocenters. The summed E-state index contributed by atoms with van der Waals surface area (Å²) in [5.74, 6) is 1.90. The van der Waals surface area contributed by atoms with E-state index in [2.05, 4.69) is 29.4 Å². The molecule has 0 spiro atoms. The molecule has 0 saturated carbocycles. The van der Waals surface area contributed by atoms with E-state index >= 15 is 0 Å². The standard InChI is InChI=1S/C18H25N5O2S/c1-12-9-13(2)11-22(10-12)17(24)14(3)26-18-19-20-21-23(18)15-7-5-6-8-16(15)25-4/h5-8,12-14H,9-11H2,1-4H3/t12-,13+,14-/m1/s1. The van der Waals surface area contributed by atoms with Crippen molar-refractivity contribution in [1.29, 1.82) is 0 Å². The van der Waals surface area contributed by atoms with Crippen molar-refractivity contribution in [3.05, 3.63) is 24.3 Å². The second-order valence-electron chi connectivity index (χ2n) is 6.99. The molecule has 26 heavy (non-hydrogen) atoms. The number of para-hydroxylation sites is 2. The molecule has 1 aromatic carbocycles. The summed E-state index contributed by atoms with van der Waals surface area (Å²) in [5, 5.41) is 12.3. The molecule has 1 aliphatic heterocycles. The minimum atomic E-state index is -0.257. The summed E-state index contributed by atoms with van der Waals surface area (Å²) in [6, 6.07) is 7.54. The van der Waals surface area contributed by atoms with Crippen molar-refractivity contribution in [3.63, 3.8) is 0 Å².